The van der Waals surface area contributed by atoms with Crippen LogP contribution < -0.4 is 10.8 Å². The van der Waals surface area contributed by atoms with Gasteiger partial charge >= 0.3 is 0 Å². The number of hydrogen-bond donors (Lipinski definition) is 2. The zero-order valence-corrected chi connectivity index (χ0v) is 9.97. The van der Waals surface area contributed by atoms with Crippen molar-refractivity contribution in [1.29, 1.82) is 0 Å². The second kappa shape index (κ2) is 6.24. The Balaban J connectivity index is 2.42. The molecule has 1 atom stereocenters. The quantitative estimate of drug-likeness (QED) is 0.755. The average molecular weight is 242 g/mol. The summed E-state index contributed by atoms with van der Waals surface area (Å²) in [6.45, 7) is 3.74. The predicted octanol–water partition coefficient (Wildman–Crippen LogP) is 0.934. The van der Waals surface area contributed by atoms with E-state index in [1.807, 2.05) is 0 Å². The summed E-state index contributed by atoms with van der Waals surface area (Å²) in [6, 6.07) is 2.86. The Morgan fingerprint density at radius 1 is 1.56 bits per heavy atom. The standard InChI is InChI=1S/C10H14N2O3S/c1-3-15-12-9(13)7(2)11-10(14)8-5-4-6-16-8/h4-7H,3H2,1-2H3,(H,11,14)(H,12,13)/t7-/m0/s1. The van der Waals surface area contributed by atoms with Crippen LogP contribution in [-0.4, -0.2) is 24.5 Å². The molecule has 1 aromatic heterocycles. The summed E-state index contributed by atoms with van der Waals surface area (Å²) >= 11 is 1.33. The van der Waals surface area contributed by atoms with E-state index >= 15 is 0 Å². The summed E-state index contributed by atoms with van der Waals surface area (Å²) in [4.78, 5) is 28.3. The molecule has 1 rings (SSSR count). The minimum Gasteiger partial charge on any atom is -0.340 e. The predicted molar refractivity (Wildman–Crippen MR) is 61.0 cm³/mol. The van der Waals surface area contributed by atoms with Gasteiger partial charge in [0.2, 0.25) is 0 Å². The van der Waals surface area contributed by atoms with Crippen LogP contribution >= 0.6 is 11.3 Å². The van der Waals surface area contributed by atoms with Crippen LogP contribution in [-0.2, 0) is 9.63 Å². The van der Waals surface area contributed by atoms with E-state index in [9.17, 15) is 9.59 Å². The van der Waals surface area contributed by atoms with Crippen LogP contribution in [0.4, 0.5) is 0 Å². The Morgan fingerprint density at radius 2 is 2.31 bits per heavy atom. The Bertz CT molecular complexity index is 351. The van der Waals surface area contributed by atoms with Crippen molar-refractivity contribution in [1.82, 2.24) is 10.8 Å². The van der Waals surface area contributed by atoms with Crippen LogP contribution in [0.15, 0.2) is 17.5 Å². The van der Waals surface area contributed by atoms with Crippen LogP contribution in [0.2, 0.25) is 0 Å². The van der Waals surface area contributed by atoms with Gasteiger partial charge in [-0.05, 0) is 25.3 Å². The number of hydrogen-bond acceptors (Lipinski definition) is 4. The minimum atomic E-state index is -0.624. The third-order valence-electron chi connectivity index (χ3n) is 1.80. The summed E-state index contributed by atoms with van der Waals surface area (Å²) in [6.07, 6.45) is 0. The smallest absolute Gasteiger partial charge is 0.265 e. The van der Waals surface area contributed by atoms with E-state index in [0.717, 1.165) is 0 Å². The zero-order chi connectivity index (χ0) is 12.0. The summed E-state index contributed by atoms with van der Waals surface area (Å²) in [5.74, 6) is -0.624. The summed E-state index contributed by atoms with van der Waals surface area (Å²) in [5, 5.41) is 4.38. The molecular weight excluding hydrogens is 228 g/mol. The Kier molecular flexibility index (Phi) is 4.94. The van der Waals surface area contributed by atoms with E-state index < -0.39 is 6.04 Å². The summed E-state index contributed by atoms with van der Waals surface area (Å²) in [7, 11) is 0. The first-order chi connectivity index (χ1) is 7.65. The number of carbonyl (C=O) groups excluding carboxylic acids is 2. The van der Waals surface area contributed by atoms with Crippen molar-refractivity contribution < 1.29 is 14.4 Å². The van der Waals surface area contributed by atoms with Crippen molar-refractivity contribution in [2.45, 2.75) is 19.9 Å². The fourth-order valence-electron chi connectivity index (χ4n) is 0.973. The molecule has 0 spiro atoms. The minimum absolute atomic E-state index is 0.255. The Labute approximate surface area is 97.8 Å². The number of rotatable bonds is 5. The molecule has 0 aliphatic carbocycles. The van der Waals surface area contributed by atoms with E-state index in [-0.39, 0.29) is 11.8 Å². The molecule has 0 radical (unpaired) electrons. The number of nitrogens with one attached hydrogen (secondary N) is 2. The molecule has 0 aromatic carbocycles. The molecule has 0 aliphatic heterocycles. The van der Waals surface area contributed by atoms with Crippen molar-refractivity contribution in [3.8, 4) is 0 Å². The lowest BCUT2D eigenvalue weighted by molar-refractivity contribution is -0.134. The lowest BCUT2D eigenvalue weighted by Gasteiger charge is -2.12. The largest absolute Gasteiger partial charge is 0.340 e. The maximum atomic E-state index is 11.6. The first-order valence-corrected chi connectivity index (χ1v) is 5.79. The average Bonchev–Trinajstić information content (AvgIpc) is 2.79. The third-order valence-corrected chi connectivity index (χ3v) is 2.67. The van der Waals surface area contributed by atoms with Gasteiger partial charge in [0, 0.05) is 0 Å². The van der Waals surface area contributed by atoms with Gasteiger partial charge in [0.05, 0.1) is 11.5 Å². The van der Waals surface area contributed by atoms with Crippen LogP contribution in [0.1, 0.15) is 23.5 Å². The van der Waals surface area contributed by atoms with Crippen molar-refractivity contribution in [3.63, 3.8) is 0 Å². The molecule has 1 heterocycles. The maximum absolute atomic E-state index is 11.6. The molecule has 0 saturated carbocycles. The molecule has 16 heavy (non-hydrogen) atoms. The summed E-state index contributed by atoms with van der Waals surface area (Å²) < 4.78 is 0. The van der Waals surface area contributed by atoms with Crippen LogP contribution in [0.25, 0.3) is 0 Å². The molecule has 6 heteroatoms. The van der Waals surface area contributed by atoms with Crippen molar-refractivity contribution in [2.75, 3.05) is 6.61 Å². The monoisotopic (exact) mass is 242 g/mol. The van der Waals surface area contributed by atoms with Crippen molar-refractivity contribution >= 4 is 23.2 Å². The normalized spacial score (nSPS) is 11.9. The first-order valence-electron chi connectivity index (χ1n) is 4.91. The van der Waals surface area contributed by atoms with Gasteiger partial charge in [0.25, 0.3) is 11.8 Å². The van der Waals surface area contributed by atoms with Gasteiger partial charge in [-0.2, -0.15) is 0 Å². The molecule has 1 aromatic rings. The number of thiophene rings is 1. The van der Waals surface area contributed by atoms with Crippen LogP contribution in [0.3, 0.4) is 0 Å². The highest BCUT2D eigenvalue weighted by molar-refractivity contribution is 7.12. The van der Waals surface area contributed by atoms with Gasteiger partial charge in [0.15, 0.2) is 0 Å². The lowest BCUT2D eigenvalue weighted by Crippen LogP contribution is -2.44. The highest BCUT2D eigenvalue weighted by Crippen LogP contribution is 2.07. The van der Waals surface area contributed by atoms with Crippen molar-refractivity contribution in [2.24, 2.45) is 0 Å². The van der Waals surface area contributed by atoms with Crippen molar-refractivity contribution in [3.05, 3.63) is 22.4 Å². The van der Waals surface area contributed by atoms with Gasteiger partial charge in [-0.3, -0.25) is 14.4 Å². The molecule has 0 saturated heterocycles. The highest BCUT2D eigenvalue weighted by atomic mass is 32.1. The Hall–Kier alpha value is -1.40. The molecule has 0 fully saturated rings. The van der Waals surface area contributed by atoms with Gasteiger partial charge in [-0.15, -0.1) is 11.3 Å². The van der Waals surface area contributed by atoms with Gasteiger partial charge in [-0.1, -0.05) is 6.07 Å². The lowest BCUT2D eigenvalue weighted by atomic mass is 10.3. The van der Waals surface area contributed by atoms with E-state index in [4.69, 9.17) is 4.84 Å². The van der Waals surface area contributed by atoms with Crippen LogP contribution in [0.5, 0.6) is 0 Å². The number of hydroxylamine groups is 1. The van der Waals surface area contributed by atoms with Crippen LogP contribution in [0, 0.1) is 0 Å². The number of carbonyl (C=O) groups is 2. The molecule has 0 aliphatic rings. The second-order valence-electron chi connectivity index (χ2n) is 3.07. The fourth-order valence-corrected chi connectivity index (χ4v) is 1.60. The van der Waals surface area contributed by atoms with E-state index in [1.165, 1.54) is 11.3 Å². The van der Waals surface area contributed by atoms with Gasteiger partial charge in [0.1, 0.15) is 6.04 Å². The van der Waals surface area contributed by atoms with Gasteiger partial charge in [-0.25, -0.2) is 5.48 Å². The molecule has 2 amide bonds. The van der Waals surface area contributed by atoms with E-state index in [0.29, 0.717) is 11.5 Å². The first kappa shape index (κ1) is 12.7. The molecule has 88 valence electrons. The summed E-state index contributed by atoms with van der Waals surface area (Å²) in [5.41, 5.74) is 2.23. The second-order valence-corrected chi connectivity index (χ2v) is 4.02. The highest BCUT2D eigenvalue weighted by Gasteiger charge is 2.16. The maximum Gasteiger partial charge on any atom is 0.265 e. The third kappa shape index (κ3) is 3.63. The molecule has 5 nitrogen and oxygen atoms in total. The zero-order valence-electron chi connectivity index (χ0n) is 9.15. The topological polar surface area (TPSA) is 67.4 Å². The van der Waals surface area contributed by atoms with E-state index in [2.05, 4.69) is 10.8 Å². The van der Waals surface area contributed by atoms with Gasteiger partial charge < -0.3 is 5.32 Å². The molecule has 0 bridgehead atoms. The number of amides is 2. The molecular formula is C10H14N2O3S. The Morgan fingerprint density at radius 3 is 2.88 bits per heavy atom. The molecule has 0 unspecified atom stereocenters. The fraction of sp³-hybridized carbons (Fsp3) is 0.400. The molecule has 2 N–H and O–H groups in total. The SMILES string of the molecule is CCONC(=O)[C@H](C)NC(=O)c1cccs1. The van der Waals surface area contributed by atoms with E-state index in [1.54, 1.807) is 31.4 Å².